The molecular formula is C16H16F3NO. The van der Waals surface area contributed by atoms with Crippen molar-refractivity contribution in [2.75, 3.05) is 0 Å². The summed E-state index contributed by atoms with van der Waals surface area (Å²) in [5.41, 5.74) is 6.02. The van der Waals surface area contributed by atoms with Crippen LogP contribution in [-0.4, -0.2) is 0 Å². The van der Waals surface area contributed by atoms with E-state index in [0.717, 1.165) is 18.1 Å². The number of hydrogen-bond donors (Lipinski definition) is 1. The fraction of sp³-hybridized carbons (Fsp3) is 0.250. The van der Waals surface area contributed by atoms with E-state index in [9.17, 15) is 13.2 Å². The first kappa shape index (κ1) is 15.4. The standard InChI is InChI=1S/C16H16F3NO/c1-2-14(20)11-7-9-12(10-8-11)21-15-6-4-3-5-13(15)16(17,18)19/h3-10,14H,2,20H2,1H3/t14-/m1/s1. The summed E-state index contributed by atoms with van der Waals surface area (Å²) in [5.74, 6) is 0.135. The second-order valence-electron chi connectivity index (χ2n) is 4.68. The number of halogens is 3. The van der Waals surface area contributed by atoms with E-state index in [-0.39, 0.29) is 11.8 Å². The topological polar surface area (TPSA) is 35.2 Å². The van der Waals surface area contributed by atoms with E-state index in [4.69, 9.17) is 10.5 Å². The molecule has 2 nitrogen and oxygen atoms in total. The van der Waals surface area contributed by atoms with E-state index in [1.807, 2.05) is 6.92 Å². The lowest BCUT2D eigenvalue weighted by Crippen LogP contribution is -2.08. The van der Waals surface area contributed by atoms with Gasteiger partial charge in [0.2, 0.25) is 0 Å². The molecule has 0 saturated heterocycles. The third-order valence-corrected chi connectivity index (χ3v) is 3.17. The molecule has 2 aromatic carbocycles. The van der Waals surface area contributed by atoms with Crippen LogP contribution < -0.4 is 10.5 Å². The third-order valence-electron chi connectivity index (χ3n) is 3.17. The van der Waals surface area contributed by atoms with Crippen LogP contribution in [0.15, 0.2) is 48.5 Å². The van der Waals surface area contributed by atoms with Crippen LogP contribution in [0.2, 0.25) is 0 Å². The summed E-state index contributed by atoms with van der Waals surface area (Å²) in [6.07, 6.45) is -3.65. The molecule has 2 rings (SSSR count). The molecule has 1 atom stereocenters. The van der Waals surface area contributed by atoms with Gasteiger partial charge in [0, 0.05) is 6.04 Å². The van der Waals surface area contributed by atoms with Crippen molar-refractivity contribution in [1.29, 1.82) is 0 Å². The number of nitrogens with two attached hydrogens (primary N) is 1. The summed E-state index contributed by atoms with van der Waals surface area (Å²) in [6.45, 7) is 1.97. The van der Waals surface area contributed by atoms with Crippen molar-refractivity contribution < 1.29 is 17.9 Å². The zero-order valence-electron chi connectivity index (χ0n) is 11.5. The molecule has 0 aliphatic heterocycles. The zero-order chi connectivity index (χ0) is 15.5. The summed E-state index contributed by atoms with van der Waals surface area (Å²) in [4.78, 5) is 0. The van der Waals surface area contributed by atoms with Gasteiger partial charge in [0.25, 0.3) is 0 Å². The lowest BCUT2D eigenvalue weighted by atomic mass is 10.1. The van der Waals surface area contributed by atoms with E-state index in [2.05, 4.69) is 0 Å². The van der Waals surface area contributed by atoms with Crippen molar-refractivity contribution in [2.24, 2.45) is 5.73 Å². The average molecular weight is 295 g/mol. The molecule has 0 spiro atoms. The summed E-state index contributed by atoms with van der Waals surface area (Å²) in [5, 5.41) is 0. The zero-order valence-corrected chi connectivity index (χ0v) is 11.5. The Balaban J connectivity index is 2.23. The average Bonchev–Trinajstić information content (AvgIpc) is 2.47. The van der Waals surface area contributed by atoms with Gasteiger partial charge in [-0.15, -0.1) is 0 Å². The summed E-state index contributed by atoms with van der Waals surface area (Å²) >= 11 is 0. The summed E-state index contributed by atoms with van der Waals surface area (Å²) in [6, 6.07) is 11.8. The molecule has 0 fully saturated rings. The van der Waals surface area contributed by atoms with Gasteiger partial charge in [-0.3, -0.25) is 0 Å². The highest BCUT2D eigenvalue weighted by Crippen LogP contribution is 2.37. The van der Waals surface area contributed by atoms with Gasteiger partial charge >= 0.3 is 6.18 Å². The third kappa shape index (κ3) is 3.76. The van der Waals surface area contributed by atoms with Gasteiger partial charge in [-0.1, -0.05) is 31.2 Å². The Morgan fingerprint density at radius 1 is 1.05 bits per heavy atom. The first-order chi connectivity index (χ1) is 9.91. The molecule has 112 valence electrons. The normalized spacial score (nSPS) is 13.0. The highest BCUT2D eigenvalue weighted by Gasteiger charge is 2.34. The SMILES string of the molecule is CC[C@@H](N)c1ccc(Oc2ccccc2C(F)(F)F)cc1. The lowest BCUT2D eigenvalue weighted by Gasteiger charge is -2.14. The highest BCUT2D eigenvalue weighted by molar-refractivity contribution is 5.40. The van der Waals surface area contributed by atoms with Gasteiger partial charge in [-0.05, 0) is 36.2 Å². The Kier molecular flexibility index (Phi) is 4.53. The van der Waals surface area contributed by atoms with E-state index in [1.54, 1.807) is 24.3 Å². The first-order valence-corrected chi connectivity index (χ1v) is 6.61. The van der Waals surface area contributed by atoms with Crippen LogP contribution in [0.4, 0.5) is 13.2 Å². The monoisotopic (exact) mass is 295 g/mol. The molecule has 0 bridgehead atoms. The van der Waals surface area contributed by atoms with Crippen molar-refractivity contribution in [1.82, 2.24) is 0 Å². The fourth-order valence-corrected chi connectivity index (χ4v) is 1.94. The van der Waals surface area contributed by atoms with Crippen LogP contribution in [0.1, 0.15) is 30.5 Å². The van der Waals surface area contributed by atoms with Gasteiger partial charge in [0.1, 0.15) is 11.5 Å². The summed E-state index contributed by atoms with van der Waals surface area (Å²) in [7, 11) is 0. The number of hydrogen-bond acceptors (Lipinski definition) is 2. The minimum atomic E-state index is -4.44. The van der Waals surface area contributed by atoms with E-state index in [1.165, 1.54) is 18.2 Å². The number of ether oxygens (including phenoxy) is 1. The fourth-order valence-electron chi connectivity index (χ4n) is 1.94. The Labute approximate surface area is 121 Å². The van der Waals surface area contributed by atoms with Crippen LogP contribution >= 0.6 is 0 Å². The van der Waals surface area contributed by atoms with Gasteiger partial charge in [0.15, 0.2) is 0 Å². The Morgan fingerprint density at radius 3 is 2.24 bits per heavy atom. The maximum atomic E-state index is 12.9. The largest absolute Gasteiger partial charge is 0.457 e. The second kappa shape index (κ2) is 6.18. The van der Waals surface area contributed by atoms with Crippen molar-refractivity contribution in [3.05, 3.63) is 59.7 Å². The van der Waals surface area contributed by atoms with E-state index in [0.29, 0.717) is 5.75 Å². The quantitative estimate of drug-likeness (QED) is 0.870. The molecule has 0 aliphatic carbocycles. The van der Waals surface area contributed by atoms with Crippen LogP contribution in [0.3, 0.4) is 0 Å². The number of rotatable bonds is 4. The molecule has 5 heteroatoms. The molecule has 0 heterocycles. The maximum absolute atomic E-state index is 12.9. The molecule has 2 aromatic rings. The lowest BCUT2D eigenvalue weighted by molar-refractivity contribution is -0.138. The molecular weight excluding hydrogens is 279 g/mol. The van der Waals surface area contributed by atoms with Crippen LogP contribution in [0.5, 0.6) is 11.5 Å². The predicted octanol–water partition coefficient (Wildman–Crippen LogP) is 4.91. The minimum Gasteiger partial charge on any atom is -0.457 e. The van der Waals surface area contributed by atoms with Crippen molar-refractivity contribution in [3.63, 3.8) is 0 Å². The molecule has 0 unspecified atom stereocenters. The minimum absolute atomic E-state index is 0.0819. The van der Waals surface area contributed by atoms with Crippen LogP contribution in [0.25, 0.3) is 0 Å². The molecule has 2 N–H and O–H groups in total. The van der Waals surface area contributed by atoms with Crippen molar-refractivity contribution in [2.45, 2.75) is 25.6 Å². The molecule has 0 aliphatic rings. The number of alkyl halides is 3. The smallest absolute Gasteiger partial charge is 0.419 e. The van der Waals surface area contributed by atoms with Gasteiger partial charge in [0.05, 0.1) is 5.56 Å². The van der Waals surface area contributed by atoms with Crippen LogP contribution in [0, 0.1) is 0 Å². The maximum Gasteiger partial charge on any atom is 0.419 e. The first-order valence-electron chi connectivity index (χ1n) is 6.61. The van der Waals surface area contributed by atoms with E-state index < -0.39 is 11.7 Å². The molecule has 0 amide bonds. The van der Waals surface area contributed by atoms with E-state index >= 15 is 0 Å². The second-order valence-corrected chi connectivity index (χ2v) is 4.68. The van der Waals surface area contributed by atoms with Gasteiger partial charge in [-0.2, -0.15) is 13.2 Å². The predicted molar refractivity (Wildman–Crippen MR) is 75.2 cm³/mol. The number of para-hydroxylation sites is 1. The van der Waals surface area contributed by atoms with Crippen molar-refractivity contribution in [3.8, 4) is 11.5 Å². The van der Waals surface area contributed by atoms with Gasteiger partial charge in [-0.25, -0.2) is 0 Å². The Morgan fingerprint density at radius 2 is 1.67 bits per heavy atom. The molecule has 0 aromatic heterocycles. The number of benzene rings is 2. The Hall–Kier alpha value is -2.01. The van der Waals surface area contributed by atoms with Crippen LogP contribution in [-0.2, 0) is 6.18 Å². The molecule has 0 saturated carbocycles. The Bertz CT molecular complexity index is 593. The summed E-state index contributed by atoms with van der Waals surface area (Å²) < 4.78 is 44.0. The highest BCUT2D eigenvalue weighted by atomic mass is 19.4. The molecule has 0 radical (unpaired) electrons. The van der Waals surface area contributed by atoms with Crippen molar-refractivity contribution >= 4 is 0 Å². The van der Waals surface area contributed by atoms with Gasteiger partial charge < -0.3 is 10.5 Å². The molecule has 21 heavy (non-hydrogen) atoms.